The van der Waals surface area contributed by atoms with Crippen molar-refractivity contribution in [3.05, 3.63) is 12.4 Å². The Hall–Kier alpha value is -1.32. The van der Waals surface area contributed by atoms with Crippen molar-refractivity contribution in [3.8, 4) is 0 Å². The summed E-state index contributed by atoms with van der Waals surface area (Å²) in [5.41, 5.74) is 6.22. The zero-order valence-corrected chi connectivity index (χ0v) is 10.8. The lowest BCUT2D eigenvalue weighted by Gasteiger charge is -2.41. The van der Waals surface area contributed by atoms with Crippen LogP contribution in [0.2, 0.25) is 0 Å². The first-order valence-corrected chi connectivity index (χ1v) is 6.51. The van der Waals surface area contributed by atoms with Crippen LogP contribution in [0.1, 0.15) is 39.5 Å². The third kappa shape index (κ3) is 2.51. The summed E-state index contributed by atoms with van der Waals surface area (Å²) in [6, 6.07) is 0. The number of aromatic nitrogens is 2. The molecule has 4 heteroatoms. The molecule has 0 unspecified atom stereocenters. The second-order valence-corrected chi connectivity index (χ2v) is 5.00. The highest BCUT2D eigenvalue weighted by Gasteiger charge is 2.31. The fourth-order valence-corrected chi connectivity index (χ4v) is 2.69. The van der Waals surface area contributed by atoms with Gasteiger partial charge in [-0.15, -0.1) is 0 Å². The van der Waals surface area contributed by atoms with E-state index in [-0.39, 0.29) is 0 Å². The van der Waals surface area contributed by atoms with Gasteiger partial charge in [0.25, 0.3) is 0 Å². The van der Waals surface area contributed by atoms with Gasteiger partial charge in [0.2, 0.25) is 0 Å². The predicted molar refractivity (Wildman–Crippen MR) is 70.9 cm³/mol. The number of anilines is 2. The van der Waals surface area contributed by atoms with Crippen LogP contribution in [0.3, 0.4) is 0 Å². The second kappa shape index (κ2) is 4.90. The van der Waals surface area contributed by atoms with E-state index in [0.29, 0.717) is 11.2 Å². The minimum absolute atomic E-state index is 0.505. The van der Waals surface area contributed by atoms with Gasteiger partial charge in [0.05, 0.1) is 12.4 Å². The smallest absolute Gasteiger partial charge is 0.149 e. The van der Waals surface area contributed by atoms with E-state index in [0.717, 1.165) is 18.9 Å². The molecule has 1 aromatic heterocycles. The van der Waals surface area contributed by atoms with Gasteiger partial charge in [0.1, 0.15) is 11.6 Å². The van der Waals surface area contributed by atoms with Crippen LogP contribution in [-0.4, -0.2) is 23.1 Å². The first kappa shape index (κ1) is 12.1. The quantitative estimate of drug-likeness (QED) is 0.873. The molecule has 94 valence electrons. The average Bonchev–Trinajstić information content (AvgIpc) is 2.39. The van der Waals surface area contributed by atoms with E-state index in [1.54, 1.807) is 12.4 Å². The van der Waals surface area contributed by atoms with Gasteiger partial charge in [-0.05, 0) is 18.3 Å². The Kier molecular flexibility index (Phi) is 3.50. The number of piperidine rings is 1. The van der Waals surface area contributed by atoms with Gasteiger partial charge in [0.15, 0.2) is 0 Å². The van der Waals surface area contributed by atoms with Gasteiger partial charge in [-0.3, -0.25) is 4.98 Å². The third-order valence-corrected chi connectivity index (χ3v) is 4.29. The molecular weight excluding hydrogens is 212 g/mol. The zero-order chi connectivity index (χ0) is 12.3. The summed E-state index contributed by atoms with van der Waals surface area (Å²) in [5.74, 6) is 1.43. The Morgan fingerprint density at radius 1 is 1.24 bits per heavy atom. The fourth-order valence-electron chi connectivity index (χ4n) is 2.69. The number of nitrogen functional groups attached to an aromatic ring is 1. The van der Waals surface area contributed by atoms with Crippen LogP contribution in [0.25, 0.3) is 0 Å². The van der Waals surface area contributed by atoms with Crippen molar-refractivity contribution in [1.82, 2.24) is 9.97 Å². The molecule has 0 bridgehead atoms. The van der Waals surface area contributed by atoms with Crippen molar-refractivity contribution in [2.24, 2.45) is 5.41 Å². The maximum absolute atomic E-state index is 5.67. The van der Waals surface area contributed by atoms with Crippen molar-refractivity contribution in [1.29, 1.82) is 0 Å². The molecule has 0 saturated carbocycles. The molecule has 1 aliphatic rings. The summed E-state index contributed by atoms with van der Waals surface area (Å²) in [7, 11) is 0. The van der Waals surface area contributed by atoms with Crippen LogP contribution in [0.5, 0.6) is 0 Å². The standard InChI is InChI=1S/C13H22N4/c1-3-13(4-2)5-7-17(8-6-13)12-10-15-9-11(14)16-12/h9-10H,3-8H2,1-2H3,(H2,14,16). The van der Waals surface area contributed by atoms with Gasteiger partial charge in [-0.1, -0.05) is 26.7 Å². The summed E-state index contributed by atoms with van der Waals surface area (Å²) in [5, 5.41) is 0. The molecule has 4 nitrogen and oxygen atoms in total. The van der Waals surface area contributed by atoms with E-state index in [4.69, 9.17) is 5.73 Å². The van der Waals surface area contributed by atoms with Gasteiger partial charge in [-0.25, -0.2) is 4.98 Å². The van der Waals surface area contributed by atoms with E-state index < -0.39 is 0 Å². The summed E-state index contributed by atoms with van der Waals surface area (Å²) in [6.45, 7) is 6.75. The topological polar surface area (TPSA) is 55.0 Å². The molecule has 1 aliphatic heterocycles. The SMILES string of the molecule is CCC1(CC)CCN(c2cncc(N)n2)CC1. The maximum atomic E-state index is 5.67. The lowest BCUT2D eigenvalue weighted by Crippen LogP contribution is -2.40. The second-order valence-electron chi connectivity index (χ2n) is 5.00. The lowest BCUT2D eigenvalue weighted by molar-refractivity contribution is 0.199. The highest BCUT2D eigenvalue weighted by molar-refractivity contribution is 5.41. The number of nitrogens with zero attached hydrogens (tertiary/aromatic N) is 3. The molecular formula is C13H22N4. The minimum Gasteiger partial charge on any atom is -0.382 e. The van der Waals surface area contributed by atoms with Crippen molar-refractivity contribution < 1.29 is 0 Å². The summed E-state index contributed by atoms with van der Waals surface area (Å²) < 4.78 is 0. The van der Waals surface area contributed by atoms with Crippen molar-refractivity contribution in [2.75, 3.05) is 23.7 Å². The van der Waals surface area contributed by atoms with Crippen LogP contribution in [0, 0.1) is 5.41 Å². The number of rotatable bonds is 3. The first-order valence-electron chi connectivity index (χ1n) is 6.51. The van der Waals surface area contributed by atoms with Crippen molar-refractivity contribution in [3.63, 3.8) is 0 Å². The molecule has 0 aromatic carbocycles. The Morgan fingerprint density at radius 2 is 1.88 bits per heavy atom. The Morgan fingerprint density at radius 3 is 2.41 bits per heavy atom. The molecule has 0 amide bonds. The summed E-state index contributed by atoms with van der Waals surface area (Å²) in [6.07, 6.45) is 8.45. The molecule has 1 fully saturated rings. The molecule has 2 N–H and O–H groups in total. The molecule has 2 rings (SSSR count). The first-order chi connectivity index (χ1) is 8.19. The third-order valence-electron chi connectivity index (χ3n) is 4.29. The van der Waals surface area contributed by atoms with E-state index in [1.807, 2.05) is 0 Å². The average molecular weight is 234 g/mol. The fraction of sp³-hybridized carbons (Fsp3) is 0.692. The van der Waals surface area contributed by atoms with Crippen LogP contribution in [0.15, 0.2) is 12.4 Å². The molecule has 1 saturated heterocycles. The van der Waals surface area contributed by atoms with Crippen LogP contribution in [-0.2, 0) is 0 Å². The van der Waals surface area contributed by atoms with E-state index in [9.17, 15) is 0 Å². The Labute approximate surface area is 103 Å². The Bertz CT molecular complexity index is 363. The van der Waals surface area contributed by atoms with Crippen LogP contribution in [0.4, 0.5) is 11.6 Å². The van der Waals surface area contributed by atoms with Crippen LogP contribution >= 0.6 is 0 Å². The molecule has 0 spiro atoms. The molecule has 0 aliphatic carbocycles. The number of hydrogen-bond donors (Lipinski definition) is 1. The van der Waals surface area contributed by atoms with E-state index >= 15 is 0 Å². The van der Waals surface area contributed by atoms with Crippen molar-refractivity contribution in [2.45, 2.75) is 39.5 Å². The highest BCUT2D eigenvalue weighted by atomic mass is 15.2. The maximum Gasteiger partial charge on any atom is 0.149 e. The van der Waals surface area contributed by atoms with Gasteiger partial charge in [0, 0.05) is 13.1 Å². The largest absolute Gasteiger partial charge is 0.382 e. The molecule has 0 atom stereocenters. The minimum atomic E-state index is 0.505. The van der Waals surface area contributed by atoms with Crippen molar-refractivity contribution >= 4 is 11.6 Å². The lowest BCUT2D eigenvalue weighted by atomic mass is 9.74. The number of nitrogens with two attached hydrogens (primary N) is 1. The van der Waals surface area contributed by atoms with E-state index in [1.165, 1.54) is 25.7 Å². The van der Waals surface area contributed by atoms with Gasteiger partial charge in [-0.2, -0.15) is 0 Å². The molecule has 1 aromatic rings. The molecule has 0 radical (unpaired) electrons. The van der Waals surface area contributed by atoms with Gasteiger partial charge >= 0.3 is 0 Å². The van der Waals surface area contributed by atoms with Crippen LogP contribution < -0.4 is 10.6 Å². The zero-order valence-electron chi connectivity index (χ0n) is 10.8. The summed E-state index contributed by atoms with van der Waals surface area (Å²) in [4.78, 5) is 10.7. The number of hydrogen-bond acceptors (Lipinski definition) is 4. The predicted octanol–water partition coefficient (Wildman–Crippen LogP) is 2.47. The molecule has 2 heterocycles. The summed E-state index contributed by atoms with van der Waals surface area (Å²) >= 11 is 0. The Balaban J connectivity index is 2.04. The monoisotopic (exact) mass is 234 g/mol. The van der Waals surface area contributed by atoms with Gasteiger partial charge < -0.3 is 10.6 Å². The highest BCUT2D eigenvalue weighted by Crippen LogP contribution is 2.38. The molecule has 17 heavy (non-hydrogen) atoms. The van der Waals surface area contributed by atoms with E-state index in [2.05, 4.69) is 28.7 Å². The normalized spacial score (nSPS) is 19.3.